The second-order valence-corrected chi connectivity index (χ2v) is 4.57. The maximum atomic E-state index is 13.6. The van der Waals surface area contributed by atoms with Crippen molar-refractivity contribution in [2.45, 2.75) is 13.0 Å². The number of amidine groups is 1. The maximum Gasteiger partial charge on any atom is 0.258 e. The van der Waals surface area contributed by atoms with Gasteiger partial charge >= 0.3 is 0 Å². The number of likely N-dealkylation sites (N-methyl/N-ethyl adjacent to an activating group) is 1. The standard InChI is InChI=1S/C11H13BrFN3O2/c1-6(10(14)15-18)16(2)11(17)9-7(12)4-3-5-8(9)13/h3-6,18H,1-2H3,(H2,14,15). The van der Waals surface area contributed by atoms with Gasteiger partial charge in [0.2, 0.25) is 0 Å². The number of carbonyl (C=O) groups excluding carboxylic acids is 1. The minimum absolute atomic E-state index is 0.0856. The van der Waals surface area contributed by atoms with Crippen LogP contribution in [0.15, 0.2) is 27.8 Å². The van der Waals surface area contributed by atoms with E-state index in [0.29, 0.717) is 4.47 Å². The van der Waals surface area contributed by atoms with Gasteiger partial charge in [0.1, 0.15) is 5.82 Å². The Morgan fingerprint density at radius 1 is 1.61 bits per heavy atom. The molecule has 0 bridgehead atoms. The van der Waals surface area contributed by atoms with Crippen molar-refractivity contribution in [3.05, 3.63) is 34.1 Å². The van der Waals surface area contributed by atoms with E-state index in [0.717, 1.165) is 0 Å². The number of hydrogen-bond acceptors (Lipinski definition) is 3. The number of amides is 1. The summed E-state index contributed by atoms with van der Waals surface area (Å²) in [5.74, 6) is -1.31. The minimum Gasteiger partial charge on any atom is -0.409 e. The molecular weight excluding hydrogens is 305 g/mol. The summed E-state index contributed by atoms with van der Waals surface area (Å²) in [5.41, 5.74) is 5.32. The molecule has 1 aromatic rings. The Morgan fingerprint density at radius 3 is 2.72 bits per heavy atom. The summed E-state index contributed by atoms with van der Waals surface area (Å²) in [4.78, 5) is 13.3. The molecule has 0 spiro atoms. The Balaban J connectivity index is 3.08. The predicted molar refractivity (Wildman–Crippen MR) is 69.1 cm³/mol. The van der Waals surface area contributed by atoms with E-state index in [-0.39, 0.29) is 11.4 Å². The number of benzene rings is 1. The molecule has 18 heavy (non-hydrogen) atoms. The van der Waals surface area contributed by atoms with Gasteiger partial charge < -0.3 is 15.8 Å². The van der Waals surface area contributed by atoms with Crippen molar-refractivity contribution in [1.82, 2.24) is 4.90 Å². The number of rotatable bonds is 3. The highest BCUT2D eigenvalue weighted by Gasteiger charge is 2.24. The molecule has 5 nitrogen and oxygen atoms in total. The molecule has 0 radical (unpaired) electrons. The van der Waals surface area contributed by atoms with Gasteiger partial charge in [0.25, 0.3) is 5.91 Å². The zero-order chi connectivity index (χ0) is 13.9. The molecule has 7 heteroatoms. The number of oxime groups is 1. The van der Waals surface area contributed by atoms with Crippen molar-refractivity contribution < 1.29 is 14.4 Å². The highest BCUT2D eigenvalue weighted by atomic mass is 79.9. The molecule has 1 rings (SSSR count). The van der Waals surface area contributed by atoms with Crippen LogP contribution >= 0.6 is 15.9 Å². The van der Waals surface area contributed by atoms with E-state index in [4.69, 9.17) is 10.9 Å². The Kier molecular flexibility index (Phi) is 4.66. The summed E-state index contributed by atoms with van der Waals surface area (Å²) < 4.78 is 14.0. The summed E-state index contributed by atoms with van der Waals surface area (Å²) >= 11 is 3.12. The highest BCUT2D eigenvalue weighted by Crippen LogP contribution is 2.21. The third-order valence-corrected chi connectivity index (χ3v) is 3.28. The summed E-state index contributed by atoms with van der Waals surface area (Å²) in [7, 11) is 1.45. The van der Waals surface area contributed by atoms with Gasteiger partial charge in [-0.1, -0.05) is 11.2 Å². The van der Waals surface area contributed by atoms with E-state index in [1.54, 1.807) is 13.0 Å². The van der Waals surface area contributed by atoms with Gasteiger partial charge in [-0.25, -0.2) is 4.39 Å². The van der Waals surface area contributed by atoms with Crippen molar-refractivity contribution in [2.75, 3.05) is 7.05 Å². The molecule has 0 fully saturated rings. The van der Waals surface area contributed by atoms with Crippen LogP contribution in [0.1, 0.15) is 17.3 Å². The molecular formula is C11H13BrFN3O2. The van der Waals surface area contributed by atoms with E-state index in [1.807, 2.05) is 0 Å². The molecule has 0 saturated carbocycles. The second-order valence-electron chi connectivity index (χ2n) is 3.71. The first-order chi connectivity index (χ1) is 8.40. The van der Waals surface area contributed by atoms with Gasteiger partial charge in [-0.05, 0) is 35.0 Å². The van der Waals surface area contributed by atoms with Gasteiger partial charge in [-0.15, -0.1) is 0 Å². The lowest BCUT2D eigenvalue weighted by Crippen LogP contribution is -2.44. The van der Waals surface area contributed by atoms with Crippen LogP contribution in [0.4, 0.5) is 4.39 Å². The van der Waals surface area contributed by atoms with Crippen LogP contribution in [0.5, 0.6) is 0 Å². The van der Waals surface area contributed by atoms with Crippen molar-refractivity contribution in [2.24, 2.45) is 10.9 Å². The number of hydrogen-bond donors (Lipinski definition) is 2. The van der Waals surface area contributed by atoms with Crippen LogP contribution in [0.3, 0.4) is 0 Å². The van der Waals surface area contributed by atoms with Crippen LogP contribution in [0.2, 0.25) is 0 Å². The zero-order valence-electron chi connectivity index (χ0n) is 9.89. The average molecular weight is 318 g/mol. The molecule has 3 N–H and O–H groups in total. The SMILES string of the molecule is CC(/C(N)=N/O)N(C)C(=O)c1c(F)cccc1Br. The fourth-order valence-electron chi connectivity index (χ4n) is 1.34. The summed E-state index contributed by atoms with van der Waals surface area (Å²) in [5, 5.41) is 11.4. The molecule has 0 aromatic heterocycles. The average Bonchev–Trinajstić information content (AvgIpc) is 2.35. The third-order valence-electron chi connectivity index (χ3n) is 2.62. The van der Waals surface area contributed by atoms with Crippen LogP contribution in [-0.2, 0) is 0 Å². The van der Waals surface area contributed by atoms with Gasteiger partial charge in [-0.2, -0.15) is 0 Å². The molecule has 0 aliphatic rings. The fraction of sp³-hybridized carbons (Fsp3) is 0.273. The molecule has 0 saturated heterocycles. The van der Waals surface area contributed by atoms with Crippen LogP contribution in [0, 0.1) is 5.82 Å². The van der Waals surface area contributed by atoms with E-state index in [1.165, 1.54) is 24.1 Å². The molecule has 1 amide bonds. The summed E-state index contributed by atoms with van der Waals surface area (Å²) in [6.45, 7) is 1.57. The maximum absolute atomic E-state index is 13.6. The van der Waals surface area contributed by atoms with Crippen LogP contribution in [0.25, 0.3) is 0 Å². The Hall–Kier alpha value is -1.63. The van der Waals surface area contributed by atoms with E-state index in [2.05, 4.69) is 21.1 Å². The van der Waals surface area contributed by atoms with Crippen molar-refractivity contribution in [3.8, 4) is 0 Å². The Bertz CT molecular complexity index is 473. The van der Waals surface area contributed by atoms with E-state index in [9.17, 15) is 9.18 Å². The molecule has 98 valence electrons. The number of carbonyl (C=O) groups is 1. The predicted octanol–water partition coefficient (Wildman–Crippen LogP) is 1.80. The lowest BCUT2D eigenvalue weighted by atomic mass is 10.1. The highest BCUT2D eigenvalue weighted by molar-refractivity contribution is 9.10. The van der Waals surface area contributed by atoms with E-state index < -0.39 is 17.8 Å². The number of nitrogens with two attached hydrogens (primary N) is 1. The topological polar surface area (TPSA) is 78.9 Å². The van der Waals surface area contributed by atoms with Crippen molar-refractivity contribution in [3.63, 3.8) is 0 Å². The monoisotopic (exact) mass is 317 g/mol. The van der Waals surface area contributed by atoms with Crippen LogP contribution in [-0.4, -0.2) is 34.9 Å². The normalized spacial score (nSPS) is 13.2. The third kappa shape index (κ3) is 2.79. The molecule has 1 atom stereocenters. The number of nitrogens with zero attached hydrogens (tertiary/aromatic N) is 2. The van der Waals surface area contributed by atoms with Gasteiger partial charge in [0, 0.05) is 11.5 Å². The first-order valence-corrected chi connectivity index (χ1v) is 5.88. The lowest BCUT2D eigenvalue weighted by Gasteiger charge is -2.24. The van der Waals surface area contributed by atoms with Crippen molar-refractivity contribution >= 4 is 27.7 Å². The second kappa shape index (κ2) is 5.81. The molecule has 1 unspecified atom stereocenters. The van der Waals surface area contributed by atoms with Gasteiger partial charge in [-0.3, -0.25) is 4.79 Å². The number of halogens is 2. The fourth-order valence-corrected chi connectivity index (χ4v) is 1.85. The zero-order valence-corrected chi connectivity index (χ0v) is 11.5. The largest absolute Gasteiger partial charge is 0.409 e. The first-order valence-electron chi connectivity index (χ1n) is 5.08. The van der Waals surface area contributed by atoms with Crippen molar-refractivity contribution in [1.29, 1.82) is 0 Å². The Labute approximate surface area is 112 Å². The molecule has 0 aliphatic carbocycles. The van der Waals surface area contributed by atoms with Gasteiger partial charge in [0.15, 0.2) is 5.84 Å². The molecule has 0 aliphatic heterocycles. The summed E-state index contributed by atoms with van der Waals surface area (Å²) in [6, 6.07) is 3.61. The van der Waals surface area contributed by atoms with Gasteiger partial charge in [0.05, 0.1) is 11.6 Å². The smallest absolute Gasteiger partial charge is 0.258 e. The lowest BCUT2D eigenvalue weighted by molar-refractivity contribution is 0.0770. The van der Waals surface area contributed by atoms with Crippen LogP contribution < -0.4 is 5.73 Å². The quantitative estimate of drug-likeness (QED) is 0.386. The molecule has 0 heterocycles. The molecule has 1 aromatic carbocycles. The first kappa shape index (κ1) is 14.4. The van der Waals surface area contributed by atoms with E-state index >= 15 is 0 Å². The summed E-state index contributed by atoms with van der Waals surface area (Å²) in [6.07, 6.45) is 0. The Morgan fingerprint density at radius 2 is 2.22 bits per heavy atom. The minimum atomic E-state index is -0.644.